The van der Waals surface area contributed by atoms with Gasteiger partial charge in [0, 0.05) is 17.4 Å². The summed E-state index contributed by atoms with van der Waals surface area (Å²) in [4.78, 5) is 3.38. The smallest absolute Gasteiger partial charge is 0.0472 e. The molecule has 0 radical (unpaired) electrons. The average Bonchev–Trinajstić information content (AvgIpc) is 2.54. The second-order valence-corrected chi connectivity index (χ2v) is 3.60. The topological polar surface area (TPSA) is 27.8 Å². The monoisotopic (exact) mass is 164 g/mol. The van der Waals surface area contributed by atoms with E-state index in [1.54, 1.807) is 0 Å². The van der Waals surface area contributed by atoms with E-state index in [0.717, 1.165) is 0 Å². The Morgan fingerprint density at radius 2 is 2.25 bits per heavy atom. The van der Waals surface area contributed by atoms with E-state index in [2.05, 4.69) is 29.4 Å². The molecule has 0 bridgehead atoms. The van der Waals surface area contributed by atoms with Crippen LogP contribution >= 0.6 is 0 Å². The van der Waals surface area contributed by atoms with E-state index in [-0.39, 0.29) is 0 Å². The van der Waals surface area contributed by atoms with Gasteiger partial charge >= 0.3 is 0 Å². The highest BCUT2D eigenvalue weighted by Gasteiger charge is 2.14. The maximum atomic E-state index is 3.52. The molecule has 66 valence electrons. The molecule has 0 saturated carbocycles. The van der Waals surface area contributed by atoms with Crippen LogP contribution in [0.4, 0.5) is 0 Å². The van der Waals surface area contributed by atoms with Gasteiger partial charge in [-0.2, -0.15) is 0 Å². The van der Waals surface area contributed by atoms with Crippen LogP contribution in [0.3, 0.4) is 0 Å². The summed E-state index contributed by atoms with van der Waals surface area (Å²) in [6, 6.07) is 4.91. The van der Waals surface area contributed by atoms with Crippen LogP contribution in [0.1, 0.15) is 36.7 Å². The van der Waals surface area contributed by atoms with E-state index in [1.807, 2.05) is 0 Å². The number of H-pyrrole nitrogens is 1. The zero-order valence-electron chi connectivity index (χ0n) is 7.56. The van der Waals surface area contributed by atoms with Gasteiger partial charge in [-0.05, 0) is 38.4 Å². The summed E-state index contributed by atoms with van der Waals surface area (Å²) >= 11 is 0. The maximum Gasteiger partial charge on any atom is 0.0472 e. The fourth-order valence-electron chi connectivity index (χ4n) is 1.85. The molecule has 2 heterocycles. The predicted octanol–water partition coefficient (Wildman–Crippen LogP) is 2.14. The molecule has 0 aliphatic carbocycles. The van der Waals surface area contributed by atoms with Gasteiger partial charge in [-0.1, -0.05) is 6.42 Å². The largest absolute Gasteiger partial charge is 0.361 e. The minimum absolute atomic E-state index is 0.576. The van der Waals surface area contributed by atoms with E-state index in [9.17, 15) is 0 Å². The molecule has 1 saturated heterocycles. The molecular weight excluding hydrogens is 148 g/mol. The number of piperidine rings is 1. The quantitative estimate of drug-likeness (QED) is 0.654. The lowest BCUT2D eigenvalue weighted by Crippen LogP contribution is -2.26. The molecule has 1 aromatic heterocycles. The molecule has 2 N–H and O–H groups in total. The van der Waals surface area contributed by atoms with Crippen molar-refractivity contribution >= 4 is 0 Å². The second kappa shape index (κ2) is 3.31. The van der Waals surface area contributed by atoms with Crippen LogP contribution in [0.2, 0.25) is 0 Å². The van der Waals surface area contributed by atoms with E-state index in [4.69, 9.17) is 0 Å². The molecule has 2 rings (SSSR count). The molecule has 12 heavy (non-hydrogen) atoms. The third-order valence-corrected chi connectivity index (χ3v) is 2.54. The third kappa shape index (κ3) is 1.53. The summed E-state index contributed by atoms with van der Waals surface area (Å²) < 4.78 is 0. The lowest BCUT2D eigenvalue weighted by atomic mass is 10.0. The summed E-state index contributed by atoms with van der Waals surface area (Å²) in [5.74, 6) is 0. The SMILES string of the molecule is Cc1ccc([C@@H]2CCCCN2)[nH]1. The Hall–Kier alpha value is -0.760. The molecule has 1 aliphatic heterocycles. The predicted molar refractivity (Wildman–Crippen MR) is 50.1 cm³/mol. The first-order valence-corrected chi connectivity index (χ1v) is 4.75. The van der Waals surface area contributed by atoms with Crippen LogP contribution in [-0.2, 0) is 0 Å². The van der Waals surface area contributed by atoms with Gasteiger partial charge in [-0.15, -0.1) is 0 Å². The van der Waals surface area contributed by atoms with Crippen molar-refractivity contribution in [3.05, 3.63) is 23.5 Å². The molecule has 1 fully saturated rings. The van der Waals surface area contributed by atoms with Gasteiger partial charge in [0.05, 0.1) is 0 Å². The van der Waals surface area contributed by atoms with Crippen molar-refractivity contribution < 1.29 is 0 Å². The first-order valence-electron chi connectivity index (χ1n) is 4.75. The zero-order chi connectivity index (χ0) is 8.39. The fourth-order valence-corrected chi connectivity index (χ4v) is 1.85. The number of hydrogen-bond acceptors (Lipinski definition) is 1. The minimum Gasteiger partial charge on any atom is -0.361 e. The third-order valence-electron chi connectivity index (χ3n) is 2.54. The number of rotatable bonds is 1. The molecule has 2 heteroatoms. The number of aryl methyl sites for hydroxylation is 1. The van der Waals surface area contributed by atoms with Crippen LogP contribution in [0, 0.1) is 6.92 Å². The number of aromatic amines is 1. The van der Waals surface area contributed by atoms with Crippen molar-refractivity contribution in [1.29, 1.82) is 0 Å². The highest BCUT2D eigenvalue weighted by atomic mass is 14.9. The van der Waals surface area contributed by atoms with Crippen LogP contribution in [0.5, 0.6) is 0 Å². The lowest BCUT2D eigenvalue weighted by molar-refractivity contribution is 0.406. The van der Waals surface area contributed by atoms with Crippen molar-refractivity contribution in [3.8, 4) is 0 Å². The molecule has 2 nitrogen and oxygen atoms in total. The summed E-state index contributed by atoms with van der Waals surface area (Å²) in [6.45, 7) is 3.27. The van der Waals surface area contributed by atoms with Gasteiger partial charge < -0.3 is 10.3 Å². The minimum atomic E-state index is 0.576. The van der Waals surface area contributed by atoms with Crippen molar-refractivity contribution in [3.63, 3.8) is 0 Å². The summed E-state index contributed by atoms with van der Waals surface area (Å²) in [7, 11) is 0. The Morgan fingerprint density at radius 3 is 2.83 bits per heavy atom. The Bertz CT molecular complexity index is 246. The van der Waals surface area contributed by atoms with E-state index in [1.165, 1.54) is 37.2 Å². The lowest BCUT2D eigenvalue weighted by Gasteiger charge is -2.22. The molecule has 1 aromatic rings. The van der Waals surface area contributed by atoms with Crippen LogP contribution in [0.15, 0.2) is 12.1 Å². The van der Waals surface area contributed by atoms with Crippen LogP contribution in [-0.4, -0.2) is 11.5 Å². The van der Waals surface area contributed by atoms with Gasteiger partial charge in [-0.3, -0.25) is 0 Å². The zero-order valence-corrected chi connectivity index (χ0v) is 7.56. The van der Waals surface area contributed by atoms with Gasteiger partial charge in [0.25, 0.3) is 0 Å². The van der Waals surface area contributed by atoms with E-state index in [0.29, 0.717) is 6.04 Å². The van der Waals surface area contributed by atoms with E-state index >= 15 is 0 Å². The van der Waals surface area contributed by atoms with Gasteiger partial charge in [0.2, 0.25) is 0 Å². The summed E-state index contributed by atoms with van der Waals surface area (Å²) in [5.41, 5.74) is 2.62. The Labute approximate surface area is 73.4 Å². The summed E-state index contributed by atoms with van der Waals surface area (Å²) in [6.07, 6.45) is 3.96. The maximum absolute atomic E-state index is 3.52. The standard InChI is InChI=1S/C10H16N2/c1-8-5-6-10(12-8)9-4-2-3-7-11-9/h5-6,9,11-12H,2-4,7H2,1H3/t9-/m0/s1. The van der Waals surface area contributed by atoms with Crippen molar-refractivity contribution in [2.24, 2.45) is 0 Å². The van der Waals surface area contributed by atoms with Gasteiger partial charge in [0.15, 0.2) is 0 Å². The van der Waals surface area contributed by atoms with E-state index < -0.39 is 0 Å². The molecule has 0 unspecified atom stereocenters. The second-order valence-electron chi connectivity index (χ2n) is 3.60. The number of nitrogens with one attached hydrogen (secondary N) is 2. The highest BCUT2D eigenvalue weighted by Crippen LogP contribution is 2.21. The van der Waals surface area contributed by atoms with Crippen molar-refractivity contribution in [2.75, 3.05) is 6.54 Å². The molecule has 1 atom stereocenters. The van der Waals surface area contributed by atoms with Crippen molar-refractivity contribution in [2.45, 2.75) is 32.2 Å². The number of aromatic nitrogens is 1. The molecular formula is C10H16N2. The molecule has 0 amide bonds. The van der Waals surface area contributed by atoms with Crippen LogP contribution < -0.4 is 5.32 Å². The Balaban J connectivity index is 2.08. The molecule has 1 aliphatic rings. The van der Waals surface area contributed by atoms with Crippen LogP contribution in [0.25, 0.3) is 0 Å². The Kier molecular flexibility index (Phi) is 2.17. The molecule has 0 spiro atoms. The van der Waals surface area contributed by atoms with Gasteiger partial charge in [-0.25, -0.2) is 0 Å². The van der Waals surface area contributed by atoms with Crippen molar-refractivity contribution in [1.82, 2.24) is 10.3 Å². The summed E-state index contributed by atoms with van der Waals surface area (Å²) in [5, 5.41) is 3.52. The first kappa shape index (κ1) is 7.87. The Morgan fingerprint density at radius 1 is 1.33 bits per heavy atom. The molecule has 0 aromatic carbocycles. The van der Waals surface area contributed by atoms with Gasteiger partial charge in [0.1, 0.15) is 0 Å². The highest BCUT2D eigenvalue weighted by molar-refractivity contribution is 5.15. The number of hydrogen-bond donors (Lipinski definition) is 2. The fraction of sp³-hybridized carbons (Fsp3) is 0.600. The average molecular weight is 164 g/mol. The normalized spacial score (nSPS) is 24.2. The first-order chi connectivity index (χ1) is 5.86.